The van der Waals surface area contributed by atoms with E-state index in [2.05, 4.69) is 26.2 Å². The lowest BCUT2D eigenvalue weighted by molar-refractivity contribution is 0.00381. The van der Waals surface area contributed by atoms with Gasteiger partial charge in [0, 0.05) is 17.2 Å². The van der Waals surface area contributed by atoms with Crippen molar-refractivity contribution in [2.24, 2.45) is 0 Å². The highest BCUT2D eigenvalue weighted by Crippen LogP contribution is 2.10. The lowest BCUT2D eigenvalue weighted by Crippen LogP contribution is -2.26. The molecule has 1 unspecified atom stereocenters. The Morgan fingerprint density at radius 1 is 1.50 bits per heavy atom. The number of nitrogens with one attached hydrogen (secondary N) is 1. The Hall–Kier alpha value is -0.750. The second kappa shape index (κ2) is 5.21. The molecule has 0 radical (unpaired) electrons. The van der Waals surface area contributed by atoms with Gasteiger partial charge in [0.25, 0.3) is 6.43 Å². The van der Waals surface area contributed by atoms with Crippen LogP contribution in [0.4, 0.5) is 14.6 Å². The molecule has 0 aliphatic carbocycles. The van der Waals surface area contributed by atoms with Gasteiger partial charge in [0.15, 0.2) is 0 Å². The van der Waals surface area contributed by atoms with Gasteiger partial charge in [0.1, 0.15) is 11.9 Å². The smallest absolute Gasteiger partial charge is 0.265 e. The number of aliphatic hydroxyl groups is 1. The Balaban J connectivity index is 2.42. The molecule has 3 nitrogen and oxygen atoms in total. The summed E-state index contributed by atoms with van der Waals surface area (Å²) >= 11 is 3.19. The molecular weight excluding hydrogens is 258 g/mol. The van der Waals surface area contributed by atoms with Crippen LogP contribution in [-0.2, 0) is 0 Å². The second-order valence-electron chi connectivity index (χ2n) is 2.64. The van der Waals surface area contributed by atoms with E-state index in [1.165, 1.54) is 6.20 Å². The maximum atomic E-state index is 11.9. The van der Waals surface area contributed by atoms with Crippen molar-refractivity contribution in [3.8, 4) is 0 Å². The van der Waals surface area contributed by atoms with Crippen molar-refractivity contribution in [3.63, 3.8) is 0 Å². The van der Waals surface area contributed by atoms with E-state index in [1.54, 1.807) is 12.1 Å². The summed E-state index contributed by atoms with van der Waals surface area (Å²) in [6.07, 6.45) is -2.87. The third-order valence-corrected chi connectivity index (χ3v) is 1.98. The second-order valence-corrected chi connectivity index (χ2v) is 3.56. The maximum Gasteiger partial charge on any atom is 0.265 e. The molecule has 0 aliphatic rings. The van der Waals surface area contributed by atoms with Gasteiger partial charge in [-0.2, -0.15) is 0 Å². The summed E-state index contributed by atoms with van der Waals surface area (Å²) in [5.74, 6) is 0.452. The molecule has 0 amide bonds. The van der Waals surface area contributed by atoms with Gasteiger partial charge in [-0.25, -0.2) is 13.8 Å². The molecule has 14 heavy (non-hydrogen) atoms. The molecule has 1 heterocycles. The van der Waals surface area contributed by atoms with Crippen molar-refractivity contribution < 1.29 is 13.9 Å². The van der Waals surface area contributed by atoms with Crippen LogP contribution >= 0.6 is 15.9 Å². The minimum Gasteiger partial charge on any atom is -0.385 e. The van der Waals surface area contributed by atoms with Gasteiger partial charge in [0.2, 0.25) is 0 Å². The molecular formula is C8H9BrF2N2O. The lowest BCUT2D eigenvalue weighted by Gasteiger charge is -2.10. The molecule has 0 saturated carbocycles. The van der Waals surface area contributed by atoms with Crippen LogP contribution in [0.1, 0.15) is 0 Å². The molecule has 0 aromatic carbocycles. The van der Waals surface area contributed by atoms with Gasteiger partial charge < -0.3 is 10.4 Å². The van der Waals surface area contributed by atoms with E-state index < -0.39 is 12.5 Å². The average molecular weight is 267 g/mol. The number of hydrogen-bond acceptors (Lipinski definition) is 3. The number of anilines is 1. The zero-order valence-electron chi connectivity index (χ0n) is 7.12. The monoisotopic (exact) mass is 266 g/mol. The van der Waals surface area contributed by atoms with E-state index in [-0.39, 0.29) is 6.54 Å². The fraction of sp³-hybridized carbons (Fsp3) is 0.375. The lowest BCUT2D eigenvalue weighted by atomic mass is 10.3. The van der Waals surface area contributed by atoms with Crippen LogP contribution in [-0.4, -0.2) is 29.2 Å². The summed E-state index contributed by atoms with van der Waals surface area (Å²) in [5.41, 5.74) is 0. The third kappa shape index (κ3) is 3.55. The molecule has 1 aromatic rings. The zero-order valence-corrected chi connectivity index (χ0v) is 8.71. The van der Waals surface area contributed by atoms with Crippen molar-refractivity contribution in [1.29, 1.82) is 0 Å². The highest BCUT2D eigenvalue weighted by molar-refractivity contribution is 9.10. The first-order valence-corrected chi connectivity index (χ1v) is 4.70. The third-order valence-electron chi connectivity index (χ3n) is 1.51. The number of halogens is 3. The van der Waals surface area contributed by atoms with Gasteiger partial charge >= 0.3 is 0 Å². The molecule has 78 valence electrons. The largest absolute Gasteiger partial charge is 0.385 e. The van der Waals surface area contributed by atoms with Crippen LogP contribution in [0.25, 0.3) is 0 Å². The van der Waals surface area contributed by atoms with Crippen molar-refractivity contribution >= 4 is 21.7 Å². The molecule has 0 saturated heterocycles. The molecule has 2 N–H and O–H groups in total. The van der Waals surface area contributed by atoms with E-state index in [0.29, 0.717) is 5.82 Å². The Kier molecular flexibility index (Phi) is 4.21. The molecule has 1 rings (SSSR count). The number of hydrogen-bond donors (Lipinski definition) is 2. The molecule has 0 bridgehead atoms. The van der Waals surface area contributed by atoms with Crippen LogP contribution in [0.2, 0.25) is 0 Å². The molecule has 1 atom stereocenters. The average Bonchev–Trinajstić information content (AvgIpc) is 2.16. The van der Waals surface area contributed by atoms with E-state index in [0.717, 1.165) is 4.47 Å². The molecule has 0 fully saturated rings. The topological polar surface area (TPSA) is 45.1 Å². The van der Waals surface area contributed by atoms with Gasteiger partial charge in [-0.05, 0) is 28.1 Å². The van der Waals surface area contributed by atoms with Crippen molar-refractivity contribution in [1.82, 2.24) is 4.98 Å². The highest BCUT2D eigenvalue weighted by atomic mass is 79.9. The standard InChI is InChI=1S/C8H9BrF2N2O/c9-5-1-2-7(12-3-5)13-4-6(14)8(10)11/h1-3,6,8,14H,4H2,(H,12,13). The maximum absolute atomic E-state index is 11.9. The van der Waals surface area contributed by atoms with Crippen molar-refractivity contribution in [3.05, 3.63) is 22.8 Å². The van der Waals surface area contributed by atoms with Crippen LogP contribution in [0, 0.1) is 0 Å². The van der Waals surface area contributed by atoms with E-state index in [9.17, 15) is 8.78 Å². The number of aliphatic hydroxyl groups excluding tert-OH is 1. The van der Waals surface area contributed by atoms with Gasteiger partial charge in [-0.1, -0.05) is 0 Å². The first kappa shape index (κ1) is 11.3. The van der Waals surface area contributed by atoms with E-state index in [4.69, 9.17) is 5.11 Å². The summed E-state index contributed by atoms with van der Waals surface area (Å²) in [5, 5.41) is 11.4. The van der Waals surface area contributed by atoms with Crippen LogP contribution < -0.4 is 5.32 Å². The summed E-state index contributed by atoms with van der Waals surface area (Å²) in [7, 11) is 0. The molecule has 0 spiro atoms. The number of pyridine rings is 1. The van der Waals surface area contributed by atoms with Crippen molar-refractivity contribution in [2.45, 2.75) is 12.5 Å². The Morgan fingerprint density at radius 2 is 2.21 bits per heavy atom. The van der Waals surface area contributed by atoms with Crippen LogP contribution in [0.15, 0.2) is 22.8 Å². The van der Waals surface area contributed by atoms with E-state index >= 15 is 0 Å². The zero-order chi connectivity index (χ0) is 10.6. The van der Waals surface area contributed by atoms with E-state index in [1.807, 2.05) is 0 Å². The quantitative estimate of drug-likeness (QED) is 0.875. The Morgan fingerprint density at radius 3 is 2.71 bits per heavy atom. The SMILES string of the molecule is OC(CNc1ccc(Br)cn1)C(F)F. The number of nitrogens with zero attached hydrogens (tertiary/aromatic N) is 1. The first-order valence-electron chi connectivity index (χ1n) is 3.91. The summed E-state index contributed by atoms with van der Waals surface area (Å²) < 4.78 is 24.6. The fourth-order valence-corrected chi connectivity index (χ4v) is 1.01. The normalized spacial score (nSPS) is 12.9. The summed E-state index contributed by atoms with van der Waals surface area (Å²) in [4.78, 5) is 3.90. The number of alkyl halides is 2. The molecule has 1 aromatic heterocycles. The first-order chi connectivity index (χ1) is 6.59. The predicted molar refractivity (Wildman–Crippen MR) is 52.4 cm³/mol. The number of rotatable bonds is 4. The molecule has 0 aliphatic heterocycles. The van der Waals surface area contributed by atoms with Gasteiger partial charge in [-0.3, -0.25) is 0 Å². The molecule has 6 heteroatoms. The Bertz CT molecular complexity index is 281. The van der Waals surface area contributed by atoms with Gasteiger partial charge in [0.05, 0.1) is 0 Å². The number of aromatic nitrogens is 1. The summed E-state index contributed by atoms with van der Waals surface area (Å²) in [6, 6.07) is 3.35. The Labute approximate surface area is 88.3 Å². The minimum absolute atomic E-state index is 0.216. The van der Waals surface area contributed by atoms with Gasteiger partial charge in [-0.15, -0.1) is 0 Å². The summed E-state index contributed by atoms with van der Waals surface area (Å²) in [6.45, 7) is -0.216. The predicted octanol–water partition coefficient (Wildman–Crippen LogP) is 1.88. The minimum atomic E-state index is -2.74. The van der Waals surface area contributed by atoms with Crippen LogP contribution in [0.5, 0.6) is 0 Å². The van der Waals surface area contributed by atoms with Crippen molar-refractivity contribution in [2.75, 3.05) is 11.9 Å². The highest BCUT2D eigenvalue weighted by Gasteiger charge is 2.15. The fourth-order valence-electron chi connectivity index (χ4n) is 0.779. The van der Waals surface area contributed by atoms with Crippen LogP contribution in [0.3, 0.4) is 0 Å².